The third kappa shape index (κ3) is 3.18. The van der Waals surface area contributed by atoms with E-state index in [0.717, 1.165) is 30.3 Å². The fourth-order valence-corrected chi connectivity index (χ4v) is 4.09. The third-order valence-corrected chi connectivity index (χ3v) is 5.50. The number of imidazole rings is 1. The normalized spacial score (nSPS) is 23.2. The van der Waals surface area contributed by atoms with Gasteiger partial charge in [0.15, 0.2) is 0 Å². The second-order valence-electron chi connectivity index (χ2n) is 5.56. The van der Waals surface area contributed by atoms with Gasteiger partial charge in [0.05, 0.1) is 17.4 Å². The van der Waals surface area contributed by atoms with Crippen molar-refractivity contribution in [2.24, 2.45) is 0 Å². The van der Waals surface area contributed by atoms with Gasteiger partial charge in [0.1, 0.15) is 0 Å². The van der Waals surface area contributed by atoms with E-state index in [4.69, 9.17) is 0 Å². The average Bonchev–Trinajstić information content (AvgIpc) is 2.89. The average molecular weight is 289 g/mol. The first kappa shape index (κ1) is 14.0. The highest BCUT2D eigenvalue weighted by molar-refractivity contribution is 7.99. The summed E-state index contributed by atoms with van der Waals surface area (Å²) >= 11 is 2.11. The second-order valence-corrected chi connectivity index (χ2v) is 7.04. The van der Waals surface area contributed by atoms with Crippen LogP contribution in [0.5, 0.6) is 0 Å². The van der Waals surface area contributed by atoms with Gasteiger partial charge in [0.25, 0.3) is 0 Å². The Morgan fingerprint density at radius 1 is 1.40 bits per heavy atom. The summed E-state index contributed by atoms with van der Waals surface area (Å²) in [6, 6.07) is 9.05. The Kier molecular flexibility index (Phi) is 4.63. The van der Waals surface area contributed by atoms with Crippen molar-refractivity contribution in [1.29, 1.82) is 0 Å². The molecule has 0 spiro atoms. The van der Waals surface area contributed by atoms with Crippen LogP contribution in [0.1, 0.15) is 26.2 Å². The predicted octanol–water partition coefficient (Wildman–Crippen LogP) is 3.30. The molecule has 0 saturated carbocycles. The van der Waals surface area contributed by atoms with Crippen molar-refractivity contribution in [3.8, 4) is 0 Å². The van der Waals surface area contributed by atoms with Crippen molar-refractivity contribution in [3.05, 3.63) is 30.6 Å². The Labute approximate surface area is 125 Å². The lowest BCUT2D eigenvalue weighted by atomic mass is 10.1. The highest BCUT2D eigenvalue weighted by Crippen LogP contribution is 2.24. The molecule has 2 aromatic rings. The fraction of sp³-hybridized carbons (Fsp3) is 0.562. The molecular formula is C16H23N3S. The number of aryl methyl sites for hydroxylation is 1. The van der Waals surface area contributed by atoms with Gasteiger partial charge in [-0.1, -0.05) is 19.1 Å². The molecule has 1 aliphatic rings. The molecule has 0 amide bonds. The molecule has 1 aromatic carbocycles. The van der Waals surface area contributed by atoms with Crippen molar-refractivity contribution in [1.82, 2.24) is 14.9 Å². The van der Waals surface area contributed by atoms with Gasteiger partial charge in [-0.25, -0.2) is 4.98 Å². The molecule has 0 bridgehead atoms. The molecule has 20 heavy (non-hydrogen) atoms. The van der Waals surface area contributed by atoms with Crippen LogP contribution in [0.4, 0.5) is 0 Å². The zero-order chi connectivity index (χ0) is 13.8. The molecule has 1 aromatic heterocycles. The molecule has 1 saturated heterocycles. The predicted molar refractivity (Wildman–Crippen MR) is 87.3 cm³/mol. The Morgan fingerprint density at radius 2 is 2.30 bits per heavy atom. The van der Waals surface area contributed by atoms with Gasteiger partial charge in [-0.05, 0) is 43.7 Å². The quantitative estimate of drug-likeness (QED) is 0.857. The van der Waals surface area contributed by atoms with Gasteiger partial charge in [-0.2, -0.15) is 11.8 Å². The Balaban J connectivity index is 1.48. The summed E-state index contributed by atoms with van der Waals surface area (Å²) in [7, 11) is 0. The van der Waals surface area contributed by atoms with Gasteiger partial charge in [0, 0.05) is 17.8 Å². The summed E-state index contributed by atoms with van der Waals surface area (Å²) in [5.74, 6) is 1.33. The van der Waals surface area contributed by atoms with Crippen molar-refractivity contribution < 1.29 is 0 Å². The lowest BCUT2D eigenvalue weighted by Gasteiger charge is -2.29. The maximum atomic E-state index is 4.44. The van der Waals surface area contributed by atoms with Gasteiger partial charge in [-0.15, -0.1) is 0 Å². The van der Waals surface area contributed by atoms with Crippen molar-refractivity contribution in [3.63, 3.8) is 0 Å². The van der Waals surface area contributed by atoms with Crippen molar-refractivity contribution in [2.45, 2.75) is 44.0 Å². The maximum Gasteiger partial charge on any atom is 0.0958 e. The SMILES string of the molecule is CC1SCCCC1NCCCn1cnc2ccccc21. The molecule has 1 fully saturated rings. The first-order valence-corrected chi connectivity index (χ1v) is 8.64. The highest BCUT2D eigenvalue weighted by Gasteiger charge is 2.20. The first-order chi connectivity index (χ1) is 9.84. The third-order valence-electron chi connectivity index (χ3n) is 4.12. The molecule has 0 aliphatic carbocycles. The number of thioether (sulfide) groups is 1. The van der Waals surface area contributed by atoms with Gasteiger partial charge in [-0.3, -0.25) is 0 Å². The van der Waals surface area contributed by atoms with E-state index >= 15 is 0 Å². The molecule has 2 unspecified atom stereocenters. The molecule has 3 nitrogen and oxygen atoms in total. The van der Waals surface area contributed by atoms with E-state index in [-0.39, 0.29) is 0 Å². The Bertz CT molecular complexity index is 551. The van der Waals surface area contributed by atoms with Crippen LogP contribution in [0.2, 0.25) is 0 Å². The number of nitrogens with one attached hydrogen (secondary N) is 1. The minimum Gasteiger partial charge on any atom is -0.331 e. The van der Waals surface area contributed by atoms with Crippen LogP contribution >= 0.6 is 11.8 Å². The summed E-state index contributed by atoms with van der Waals surface area (Å²) in [6.07, 6.45) is 5.82. The number of hydrogen-bond donors (Lipinski definition) is 1. The van der Waals surface area contributed by atoms with E-state index in [9.17, 15) is 0 Å². The molecule has 108 valence electrons. The lowest BCUT2D eigenvalue weighted by Crippen LogP contribution is -2.39. The molecular weight excluding hydrogens is 266 g/mol. The highest BCUT2D eigenvalue weighted by atomic mass is 32.2. The molecule has 3 rings (SSSR count). The van der Waals surface area contributed by atoms with Crippen LogP contribution in [0, 0.1) is 0 Å². The summed E-state index contributed by atoms with van der Waals surface area (Å²) in [4.78, 5) is 4.44. The number of aromatic nitrogens is 2. The Hall–Kier alpha value is -1.00. The second kappa shape index (κ2) is 6.64. The van der Waals surface area contributed by atoms with Crippen LogP contribution in [0.15, 0.2) is 30.6 Å². The zero-order valence-electron chi connectivity index (χ0n) is 12.1. The largest absolute Gasteiger partial charge is 0.331 e. The molecule has 4 heteroatoms. The number of rotatable bonds is 5. The molecule has 2 atom stereocenters. The van der Waals surface area contributed by atoms with E-state index in [2.05, 4.69) is 51.8 Å². The molecule has 1 N–H and O–H groups in total. The number of para-hydroxylation sites is 2. The molecule has 2 heterocycles. The van der Waals surface area contributed by atoms with E-state index in [0.29, 0.717) is 6.04 Å². The number of nitrogens with zero attached hydrogens (tertiary/aromatic N) is 2. The smallest absolute Gasteiger partial charge is 0.0958 e. The first-order valence-electron chi connectivity index (χ1n) is 7.59. The summed E-state index contributed by atoms with van der Waals surface area (Å²) in [5, 5.41) is 4.49. The van der Waals surface area contributed by atoms with Crippen LogP contribution < -0.4 is 5.32 Å². The van der Waals surface area contributed by atoms with Gasteiger partial charge >= 0.3 is 0 Å². The summed E-state index contributed by atoms with van der Waals surface area (Å²) < 4.78 is 2.26. The van der Waals surface area contributed by atoms with Gasteiger partial charge in [0.2, 0.25) is 0 Å². The maximum absolute atomic E-state index is 4.44. The minimum atomic E-state index is 0.702. The summed E-state index contributed by atoms with van der Waals surface area (Å²) in [6.45, 7) is 4.49. The Morgan fingerprint density at radius 3 is 3.20 bits per heavy atom. The number of hydrogen-bond acceptors (Lipinski definition) is 3. The van der Waals surface area contributed by atoms with E-state index in [1.54, 1.807) is 0 Å². The minimum absolute atomic E-state index is 0.702. The molecule has 1 aliphatic heterocycles. The van der Waals surface area contributed by atoms with E-state index in [1.165, 1.54) is 24.1 Å². The topological polar surface area (TPSA) is 29.9 Å². The van der Waals surface area contributed by atoms with Crippen LogP contribution in [0.3, 0.4) is 0 Å². The van der Waals surface area contributed by atoms with Crippen LogP contribution in [-0.4, -0.2) is 33.1 Å². The van der Waals surface area contributed by atoms with Crippen molar-refractivity contribution >= 4 is 22.8 Å². The summed E-state index contributed by atoms with van der Waals surface area (Å²) in [5.41, 5.74) is 2.34. The lowest BCUT2D eigenvalue weighted by molar-refractivity contribution is 0.449. The number of fused-ring (bicyclic) bond motifs is 1. The van der Waals surface area contributed by atoms with Gasteiger partial charge < -0.3 is 9.88 Å². The van der Waals surface area contributed by atoms with E-state index < -0.39 is 0 Å². The monoisotopic (exact) mass is 289 g/mol. The zero-order valence-corrected chi connectivity index (χ0v) is 12.9. The number of benzene rings is 1. The van der Waals surface area contributed by atoms with E-state index in [1.807, 2.05) is 12.4 Å². The van der Waals surface area contributed by atoms with Crippen LogP contribution in [-0.2, 0) is 6.54 Å². The fourth-order valence-electron chi connectivity index (χ4n) is 2.92. The van der Waals surface area contributed by atoms with Crippen LogP contribution in [0.25, 0.3) is 11.0 Å². The standard InChI is InChI=1S/C16H23N3S/c1-13-14(7-4-11-20-13)17-9-5-10-19-12-18-15-6-2-3-8-16(15)19/h2-3,6,8,12-14,17H,4-5,7,9-11H2,1H3. The van der Waals surface area contributed by atoms with Crippen molar-refractivity contribution in [2.75, 3.05) is 12.3 Å². The molecule has 0 radical (unpaired) electrons.